The third-order valence-electron chi connectivity index (χ3n) is 5.30. The molecule has 30 heavy (non-hydrogen) atoms. The van der Waals surface area contributed by atoms with Crippen molar-refractivity contribution in [1.82, 2.24) is 9.97 Å². The van der Waals surface area contributed by atoms with Crippen LogP contribution in [0.25, 0.3) is 0 Å². The predicted molar refractivity (Wildman–Crippen MR) is 119 cm³/mol. The fourth-order valence-corrected chi connectivity index (χ4v) is 3.62. The van der Waals surface area contributed by atoms with E-state index in [-0.39, 0.29) is 41.6 Å². The van der Waals surface area contributed by atoms with Gasteiger partial charge in [0.15, 0.2) is 0 Å². The van der Waals surface area contributed by atoms with Crippen molar-refractivity contribution >= 4 is 29.3 Å². The summed E-state index contributed by atoms with van der Waals surface area (Å²) in [6.45, 7) is 0. The van der Waals surface area contributed by atoms with Crippen molar-refractivity contribution in [3.05, 3.63) is 66.6 Å². The van der Waals surface area contributed by atoms with E-state index in [2.05, 4.69) is 16.4 Å². The Kier molecular flexibility index (Phi) is 18.1. The zero-order valence-electron chi connectivity index (χ0n) is 17.8. The minimum atomic E-state index is -0.279. The van der Waals surface area contributed by atoms with Crippen molar-refractivity contribution < 1.29 is 22.3 Å². The van der Waals surface area contributed by atoms with E-state index in [1.54, 1.807) is 36.9 Å². The number of aldehydes is 1. The zero-order chi connectivity index (χ0) is 19.9. The Balaban J connectivity index is 0.000000450. The molecule has 0 spiro atoms. The molecule has 2 aliphatic carbocycles. The van der Waals surface area contributed by atoms with Crippen molar-refractivity contribution in [2.75, 3.05) is 0 Å². The first kappa shape index (κ1) is 29.0. The number of pyridine rings is 2. The number of rotatable bonds is 3. The maximum atomic E-state index is 10.1. The summed E-state index contributed by atoms with van der Waals surface area (Å²) in [5.74, 6) is 0.464. The van der Waals surface area contributed by atoms with Crippen LogP contribution < -0.4 is 12.4 Å². The van der Waals surface area contributed by atoms with E-state index in [0.29, 0.717) is 11.5 Å². The molecule has 0 saturated heterocycles. The van der Waals surface area contributed by atoms with Crippen molar-refractivity contribution in [3.63, 3.8) is 0 Å². The second kappa shape index (κ2) is 18.7. The van der Waals surface area contributed by atoms with Gasteiger partial charge in [0.1, 0.15) is 6.29 Å². The van der Waals surface area contributed by atoms with Crippen molar-refractivity contribution in [2.24, 2.45) is 5.92 Å². The van der Waals surface area contributed by atoms with Gasteiger partial charge in [-0.05, 0) is 48.6 Å². The topological polar surface area (TPSA) is 63.1 Å². The summed E-state index contributed by atoms with van der Waals surface area (Å²) in [5.41, 5.74) is 1.69. The van der Waals surface area contributed by atoms with Gasteiger partial charge >= 0.3 is 23.1 Å². The van der Waals surface area contributed by atoms with Gasteiger partial charge in [-0.15, -0.1) is 0 Å². The number of aliphatic hydroxyl groups excluding tert-OH is 1. The van der Waals surface area contributed by atoms with Crippen LogP contribution in [-0.4, -0.2) is 44.4 Å². The van der Waals surface area contributed by atoms with Crippen molar-refractivity contribution in [3.8, 4) is 0 Å². The average Bonchev–Trinajstić information content (AvgIpc) is 2.82. The quantitative estimate of drug-likeness (QED) is 0.452. The fraction of sp³-hybridized carbons (Fsp3) is 0.500. The maximum absolute atomic E-state index is 10.1. The van der Waals surface area contributed by atoms with E-state index in [9.17, 15) is 9.90 Å². The fourth-order valence-electron chi connectivity index (χ4n) is 3.62. The molecule has 1 N–H and O–H groups in total. The van der Waals surface area contributed by atoms with E-state index >= 15 is 0 Å². The van der Waals surface area contributed by atoms with Crippen LogP contribution in [0.5, 0.6) is 0 Å². The first-order chi connectivity index (χ1) is 13.8. The van der Waals surface area contributed by atoms with E-state index in [1.807, 2.05) is 12.1 Å². The molecule has 4 nitrogen and oxygen atoms in total. The van der Waals surface area contributed by atoms with Gasteiger partial charge in [-0.2, -0.15) is 12.8 Å². The predicted octanol–water partition coefficient (Wildman–Crippen LogP) is 2.37. The molecule has 1 unspecified atom stereocenters. The molecule has 2 aliphatic rings. The monoisotopic (exact) mass is 440 g/mol. The summed E-state index contributed by atoms with van der Waals surface area (Å²) in [4.78, 5) is 17.7. The molecule has 0 radical (unpaired) electrons. The van der Waals surface area contributed by atoms with Gasteiger partial charge in [0.2, 0.25) is 0 Å². The van der Waals surface area contributed by atoms with Gasteiger partial charge in [0.05, 0.1) is 6.10 Å². The number of carbonyl (C=O) groups is 1. The molecule has 1 atom stereocenters. The number of carbonyl (C=O) groups excluding carboxylic acids is 1. The minimum absolute atomic E-state index is 0. The Bertz CT molecular complexity index is 625. The molecule has 6 heteroatoms. The molecule has 2 aromatic heterocycles. The summed E-state index contributed by atoms with van der Waals surface area (Å²) < 4.78 is 0. The zero-order valence-corrected chi connectivity index (χ0v) is 20.0. The number of hydrogen-bond acceptors (Lipinski definition) is 4. The number of halogens is 1. The summed E-state index contributed by atoms with van der Waals surface area (Å²) in [6.07, 6.45) is 22.9. The Morgan fingerprint density at radius 1 is 0.867 bits per heavy atom. The second-order valence-corrected chi connectivity index (χ2v) is 7.45. The standard InChI is InChI=1S/C12H17NO.C6H5NO.C6H11.ClH.Mg/c14-12(10-4-2-1-3-5-10)11-6-8-13-9-7-11;8-5-6-1-3-7-4-2-6;1-2-4-6-5-3-1;;/h6-10,12,14H,1-5H2;1-5H;1H,2-6H2;1H;/q;;-1;;+2/p-1. The van der Waals surface area contributed by atoms with E-state index in [0.717, 1.165) is 11.8 Å². The number of hydrogen-bond donors (Lipinski definition) is 1. The van der Waals surface area contributed by atoms with Gasteiger partial charge in [0, 0.05) is 30.4 Å². The SMILES string of the molecule is O=Cc1ccncc1.OC(c1ccncc1)C1CCCCC1.[CH-]1CCCCC1.[Cl-].[Mg+2]. The van der Waals surface area contributed by atoms with Gasteiger partial charge < -0.3 is 23.9 Å². The van der Waals surface area contributed by atoms with Crippen LogP contribution in [0, 0.1) is 12.3 Å². The van der Waals surface area contributed by atoms with E-state index in [4.69, 9.17) is 0 Å². The molecule has 160 valence electrons. The smallest absolute Gasteiger partial charge is 1.00 e. The molecule has 0 bridgehead atoms. The number of aliphatic hydroxyl groups is 1. The number of aromatic nitrogens is 2. The molecule has 2 saturated carbocycles. The molecular formula is C24H33ClMgN2O2. The third kappa shape index (κ3) is 12.0. The van der Waals surface area contributed by atoms with Crippen LogP contribution in [0.2, 0.25) is 0 Å². The molecule has 4 rings (SSSR count). The molecular weight excluding hydrogens is 408 g/mol. The maximum Gasteiger partial charge on any atom is 2.00 e. The Morgan fingerprint density at radius 3 is 1.77 bits per heavy atom. The first-order valence-electron chi connectivity index (χ1n) is 10.6. The molecule has 2 fully saturated rings. The molecule has 2 heterocycles. The van der Waals surface area contributed by atoms with E-state index in [1.165, 1.54) is 64.2 Å². The van der Waals surface area contributed by atoms with E-state index < -0.39 is 0 Å². The number of nitrogens with zero attached hydrogens (tertiary/aromatic N) is 2. The van der Waals surface area contributed by atoms with Crippen LogP contribution >= 0.6 is 0 Å². The summed E-state index contributed by atoms with van der Waals surface area (Å²) in [5, 5.41) is 10.1. The summed E-state index contributed by atoms with van der Waals surface area (Å²) in [7, 11) is 0. The molecule has 2 aromatic rings. The largest absolute Gasteiger partial charge is 2.00 e. The normalized spacial score (nSPS) is 16.7. The molecule has 0 amide bonds. The Hall–Kier alpha value is -1.01. The Labute approximate surface area is 203 Å². The summed E-state index contributed by atoms with van der Waals surface area (Å²) in [6, 6.07) is 7.15. The molecule has 0 aromatic carbocycles. The molecule has 0 aliphatic heterocycles. The van der Waals surface area contributed by atoms with Crippen molar-refractivity contribution in [1.29, 1.82) is 0 Å². The van der Waals surface area contributed by atoms with Crippen LogP contribution in [0.3, 0.4) is 0 Å². The van der Waals surface area contributed by atoms with Crippen LogP contribution in [0.15, 0.2) is 49.1 Å². The summed E-state index contributed by atoms with van der Waals surface area (Å²) >= 11 is 0. The second-order valence-electron chi connectivity index (χ2n) is 7.45. The van der Waals surface area contributed by atoms with Crippen LogP contribution in [-0.2, 0) is 0 Å². The van der Waals surface area contributed by atoms with Gasteiger partial charge in [-0.1, -0.05) is 38.5 Å². The van der Waals surface area contributed by atoms with Crippen LogP contribution in [0.4, 0.5) is 0 Å². The van der Waals surface area contributed by atoms with Gasteiger partial charge in [-0.25, -0.2) is 0 Å². The minimum Gasteiger partial charge on any atom is -1.00 e. The first-order valence-corrected chi connectivity index (χ1v) is 10.6. The van der Waals surface area contributed by atoms with Crippen LogP contribution in [0.1, 0.15) is 86.2 Å². The van der Waals surface area contributed by atoms with Crippen molar-refractivity contribution in [2.45, 2.75) is 70.3 Å². The Morgan fingerprint density at radius 2 is 1.37 bits per heavy atom. The van der Waals surface area contributed by atoms with Gasteiger partial charge in [0.25, 0.3) is 0 Å². The average molecular weight is 441 g/mol. The van der Waals surface area contributed by atoms with Gasteiger partial charge in [-0.3, -0.25) is 14.8 Å². The third-order valence-corrected chi connectivity index (χ3v) is 5.30.